The zero-order valence-corrected chi connectivity index (χ0v) is 18.5. The van der Waals surface area contributed by atoms with Gasteiger partial charge in [0.05, 0.1) is 19.3 Å². The summed E-state index contributed by atoms with van der Waals surface area (Å²) in [4.78, 5) is 12.7. The first kappa shape index (κ1) is 22.2. The normalized spacial score (nSPS) is 10.2. The van der Waals surface area contributed by atoms with Gasteiger partial charge >= 0.3 is 0 Å². The molecule has 0 aliphatic rings. The minimum atomic E-state index is -0.323. The maximum atomic E-state index is 12.7. The molecule has 0 saturated heterocycles. The van der Waals surface area contributed by atoms with Crippen LogP contribution in [0.25, 0.3) is 0 Å². The van der Waals surface area contributed by atoms with Gasteiger partial charge in [-0.3, -0.25) is 10.1 Å². The summed E-state index contributed by atoms with van der Waals surface area (Å²) >= 11 is 8.66. The number of nitrogens with one attached hydrogen (secondary N) is 2. The van der Waals surface area contributed by atoms with Gasteiger partial charge in [0.2, 0.25) is 0 Å². The van der Waals surface area contributed by atoms with E-state index in [1.54, 1.807) is 19.2 Å². The van der Waals surface area contributed by atoms with Crippen molar-refractivity contribution in [3.05, 3.63) is 52.5 Å². The summed E-state index contributed by atoms with van der Waals surface area (Å²) in [6.07, 6.45) is 4.43. The average Bonchev–Trinajstić information content (AvgIpc) is 2.69. The first-order chi connectivity index (χ1) is 13.5. The predicted molar refractivity (Wildman–Crippen MR) is 120 cm³/mol. The van der Waals surface area contributed by atoms with Crippen LogP contribution in [0.3, 0.4) is 0 Å². The van der Waals surface area contributed by atoms with Crippen molar-refractivity contribution in [3.8, 4) is 11.5 Å². The topological polar surface area (TPSA) is 59.6 Å². The molecule has 1 amide bonds. The summed E-state index contributed by atoms with van der Waals surface area (Å²) in [6, 6.07) is 12.6. The Kier molecular flexibility index (Phi) is 9.23. The number of amides is 1. The molecule has 0 unspecified atom stereocenters. The third kappa shape index (κ3) is 7.13. The highest BCUT2D eigenvalue weighted by atomic mass is 79.9. The molecule has 5 nitrogen and oxygen atoms in total. The number of halogens is 1. The largest absolute Gasteiger partial charge is 0.497 e. The van der Waals surface area contributed by atoms with Gasteiger partial charge in [-0.25, -0.2) is 0 Å². The molecule has 28 heavy (non-hydrogen) atoms. The van der Waals surface area contributed by atoms with Crippen molar-refractivity contribution in [2.24, 2.45) is 0 Å². The first-order valence-electron chi connectivity index (χ1n) is 9.22. The van der Waals surface area contributed by atoms with Crippen molar-refractivity contribution in [1.29, 1.82) is 0 Å². The van der Waals surface area contributed by atoms with Crippen LogP contribution < -0.4 is 20.1 Å². The molecule has 0 radical (unpaired) electrons. The van der Waals surface area contributed by atoms with Gasteiger partial charge in [0.1, 0.15) is 11.5 Å². The second-order valence-electron chi connectivity index (χ2n) is 6.19. The lowest BCUT2D eigenvalue weighted by Gasteiger charge is -2.14. The second-order valence-corrected chi connectivity index (χ2v) is 7.51. The van der Waals surface area contributed by atoms with Crippen LogP contribution in [-0.2, 0) is 0 Å². The molecule has 2 aromatic carbocycles. The number of ether oxygens (including phenoxy) is 2. The van der Waals surface area contributed by atoms with E-state index in [4.69, 9.17) is 21.7 Å². The Morgan fingerprint density at radius 2 is 1.86 bits per heavy atom. The smallest absolute Gasteiger partial charge is 0.261 e. The molecule has 2 aromatic rings. The molecule has 0 aromatic heterocycles. The number of benzene rings is 2. The molecule has 7 heteroatoms. The van der Waals surface area contributed by atoms with E-state index in [9.17, 15) is 4.79 Å². The Hall–Kier alpha value is -2.12. The minimum absolute atomic E-state index is 0.212. The van der Waals surface area contributed by atoms with Crippen molar-refractivity contribution in [2.45, 2.75) is 32.6 Å². The Balaban J connectivity index is 1.97. The average molecular weight is 465 g/mol. The molecule has 0 fully saturated rings. The van der Waals surface area contributed by atoms with Gasteiger partial charge in [-0.2, -0.15) is 0 Å². The fraction of sp³-hybridized carbons (Fsp3) is 0.333. The molecule has 0 heterocycles. The van der Waals surface area contributed by atoms with E-state index >= 15 is 0 Å². The van der Waals surface area contributed by atoms with E-state index in [1.165, 1.54) is 12.8 Å². The Morgan fingerprint density at radius 3 is 2.54 bits per heavy atom. The molecule has 0 atom stereocenters. The molecule has 150 valence electrons. The maximum Gasteiger partial charge on any atom is 0.261 e. The van der Waals surface area contributed by atoms with E-state index in [1.807, 2.05) is 30.3 Å². The van der Waals surface area contributed by atoms with Crippen LogP contribution in [0.4, 0.5) is 5.69 Å². The van der Waals surface area contributed by atoms with Crippen LogP contribution in [0.2, 0.25) is 0 Å². The first-order valence-corrected chi connectivity index (χ1v) is 10.4. The number of anilines is 1. The lowest BCUT2D eigenvalue weighted by atomic mass is 10.2. The third-order valence-electron chi connectivity index (χ3n) is 4.02. The molecule has 0 saturated carbocycles. The lowest BCUT2D eigenvalue weighted by molar-refractivity contribution is 0.0973. The second kappa shape index (κ2) is 11.7. The standard InChI is InChI=1S/C21H25BrN2O3S/c1-3-4-5-6-13-27-19-12-7-15(22)14-18(19)20(25)24-21(28)23-16-8-10-17(26-2)11-9-16/h7-12,14H,3-6,13H2,1-2H3,(H2,23,24,25,28). The summed E-state index contributed by atoms with van der Waals surface area (Å²) in [7, 11) is 1.61. The molecule has 0 aliphatic heterocycles. The summed E-state index contributed by atoms with van der Waals surface area (Å²) in [6.45, 7) is 2.75. The van der Waals surface area contributed by atoms with E-state index in [2.05, 4.69) is 33.5 Å². The van der Waals surface area contributed by atoms with E-state index in [0.29, 0.717) is 17.9 Å². The fourth-order valence-electron chi connectivity index (χ4n) is 2.52. The Labute approximate surface area is 179 Å². The summed E-state index contributed by atoms with van der Waals surface area (Å²) in [5, 5.41) is 5.90. The highest BCUT2D eigenvalue weighted by molar-refractivity contribution is 9.10. The number of unbranched alkanes of at least 4 members (excludes halogenated alkanes) is 3. The molecular weight excluding hydrogens is 440 g/mol. The maximum absolute atomic E-state index is 12.7. The number of methoxy groups -OCH3 is 1. The van der Waals surface area contributed by atoms with Crippen molar-refractivity contribution >= 4 is 44.9 Å². The number of carbonyl (C=O) groups is 1. The fourth-order valence-corrected chi connectivity index (χ4v) is 3.10. The summed E-state index contributed by atoms with van der Waals surface area (Å²) in [5.74, 6) is 0.968. The van der Waals surface area contributed by atoms with Gasteiger partial charge < -0.3 is 14.8 Å². The zero-order valence-electron chi connectivity index (χ0n) is 16.1. The molecule has 0 aliphatic carbocycles. The zero-order chi connectivity index (χ0) is 20.4. The van der Waals surface area contributed by atoms with Crippen LogP contribution in [0.15, 0.2) is 46.9 Å². The van der Waals surface area contributed by atoms with Gasteiger partial charge in [0.15, 0.2) is 5.11 Å². The van der Waals surface area contributed by atoms with Crippen LogP contribution in [0, 0.1) is 0 Å². The van der Waals surface area contributed by atoms with Crippen molar-refractivity contribution < 1.29 is 14.3 Å². The van der Waals surface area contributed by atoms with Crippen LogP contribution >= 0.6 is 28.1 Å². The SMILES string of the molecule is CCCCCCOc1ccc(Br)cc1C(=O)NC(=S)Nc1ccc(OC)cc1. The van der Waals surface area contributed by atoms with Crippen LogP contribution in [-0.4, -0.2) is 24.7 Å². The third-order valence-corrected chi connectivity index (χ3v) is 4.71. The van der Waals surface area contributed by atoms with E-state index < -0.39 is 0 Å². The van der Waals surface area contributed by atoms with Gasteiger partial charge in [-0.15, -0.1) is 0 Å². The number of carbonyl (C=O) groups excluding carboxylic acids is 1. The highest BCUT2D eigenvalue weighted by Gasteiger charge is 2.15. The number of rotatable bonds is 9. The molecular formula is C21H25BrN2O3S. The summed E-state index contributed by atoms with van der Waals surface area (Å²) in [5.41, 5.74) is 1.19. The van der Waals surface area contributed by atoms with Crippen molar-refractivity contribution in [3.63, 3.8) is 0 Å². The van der Waals surface area contributed by atoms with E-state index in [-0.39, 0.29) is 11.0 Å². The molecule has 0 spiro atoms. The number of hydrogen-bond acceptors (Lipinski definition) is 4. The Bertz CT molecular complexity index is 797. The van der Waals surface area contributed by atoms with Crippen LogP contribution in [0.5, 0.6) is 11.5 Å². The number of hydrogen-bond donors (Lipinski definition) is 2. The van der Waals surface area contributed by atoms with Gasteiger partial charge in [-0.05, 0) is 61.1 Å². The quantitative estimate of drug-likeness (QED) is 0.376. The number of thiocarbonyl (C=S) groups is 1. The monoisotopic (exact) mass is 464 g/mol. The van der Waals surface area contributed by atoms with Gasteiger partial charge in [0.25, 0.3) is 5.91 Å². The predicted octanol–water partition coefficient (Wildman–Crippen LogP) is 5.54. The molecule has 0 bridgehead atoms. The lowest BCUT2D eigenvalue weighted by Crippen LogP contribution is -2.34. The molecule has 2 N–H and O–H groups in total. The van der Waals surface area contributed by atoms with E-state index in [0.717, 1.165) is 28.8 Å². The van der Waals surface area contributed by atoms with Gasteiger partial charge in [0, 0.05) is 10.2 Å². The Morgan fingerprint density at radius 1 is 1.11 bits per heavy atom. The summed E-state index contributed by atoms with van der Waals surface area (Å²) < 4.78 is 11.7. The van der Waals surface area contributed by atoms with Crippen molar-refractivity contribution in [2.75, 3.05) is 19.0 Å². The minimum Gasteiger partial charge on any atom is -0.497 e. The van der Waals surface area contributed by atoms with Gasteiger partial charge in [-0.1, -0.05) is 42.1 Å². The van der Waals surface area contributed by atoms with Crippen molar-refractivity contribution in [1.82, 2.24) is 5.32 Å². The highest BCUT2D eigenvalue weighted by Crippen LogP contribution is 2.24. The van der Waals surface area contributed by atoms with Crippen LogP contribution in [0.1, 0.15) is 43.0 Å². The molecule has 2 rings (SSSR count).